The quantitative estimate of drug-likeness (QED) is 0.897. The summed E-state index contributed by atoms with van der Waals surface area (Å²) in [6, 6.07) is 4.08. The molecular weight excluding hydrogens is 303 g/mol. The molecule has 0 unspecified atom stereocenters. The zero-order valence-electron chi connectivity index (χ0n) is 8.88. The summed E-state index contributed by atoms with van der Waals surface area (Å²) < 4.78 is 39.9. The molecule has 0 fully saturated rings. The molecule has 0 saturated carbocycles. The molecule has 2 N–H and O–H groups in total. The molecule has 0 aliphatic heterocycles. The number of hydrogen-bond donors (Lipinski definition) is 2. The van der Waals surface area contributed by atoms with Crippen molar-refractivity contribution in [1.29, 1.82) is 0 Å². The highest BCUT2D eigenvalue weighted by Gasteiger charge is 2.31. The lowest BCUT2D eigenvalue weighted by molar-refractivity contribution is -0.274. The first kappa shape index (κ1) is 14.1. The third-order valence-electron chi connectivity index (χ3n) is 1.76. The first-order chi connectivity index (χ1) is 7.78. The molecular formula is C10H11BrF3NO2. The Bertz CT molecular complexity index is 382. The minimum absolute atomic E-state index is 0.186. The summed E-state index contributed by atoms with van der Waals surface area (Å²) in [6.07, 6.45) is -5.25. The molecule has 0 spiro atoms. The Morgan fingerprint density at radius 2 is 2.12 bits per heavy atom. The largest absolute Gasteiger partial charge is 0.573 e. The number of hydrogen-bond acceptors (Lipinski definition) is 3. The molecule has 1 aromatic carbocycles. The molecule has 96 valence electrons. The standard InChI is InChI=1S/C10H11BrF3NO2/c1-6(16)5-15-7-2-3-9(8(11)4-7)17-10(12,13)14/h2-4,6,15-16H,5H2,1H3/t6-/m1/s1. The van der Waals surface area contributed by atoms with Crippen molar-refractivity contribution in [1.82, 2.24) is 0 Å². The minimum Gasteiger partial charge on any atom is -0.405 e. The normalized spacial score (nSPS) is 13.3. The number of benzene rings is 1. The van der Waals surface area contributed by atoms with Gasteiger partial charge in [0.1, 0.15) is 5.75 Å². The van der Waals surface area contributed by atoms with E-state index in [-0.39, 0.29) is 10.2 Å². The van der Waals surface area contributed by atoms with Crippen LogP contribution in [0.1, 0.15) is 6.92 Å². The third-order valence-corrected chi connectivity index (χ3v) is 2.38. The molecule has 17 heavy (non-hydrogen) atoms. The Balaban J connectivity index is 2.72. The fraction of sp³-hybridized carbons (Fsp3) is 0.400. The second-order valence-electron chi connectivity index (χ2n) is 3.42. The van der Waals surface area contributed by atoms with E-state index in [2.05, 4.69) is 26.0 Å². The lowest BCUT2D eigenvalue weighted by Gasteiger charge is -2.13. The van der Waals surface area contributed by atoms with Crippen LogP contribution in [0, 0.1) is 0 Å². The van der Waals surface area contributed by atoms with Crippen molar-refractivity contribution in [3.05, 3.63) is 22.7 Å². The predicted octanol–water partition coefficient (Wildman–Crippen LogP) is 3.14. The first-order valence-corrected chi connectivity index (χ1v) is 5.54. The molecule has 0 bridgehead atoms. The lowest BCUT2D eigenvalue weighted by Crippen LogP contribution is -2.18. The highest BCUT2D eigenvalue weighted by atomic mass is 79.9. The Morgan fingerprint density at radius 1 is 1.47 bits per heavy atom. The maximum absolute atomic E-state index is 12.0. The van der Waals surface area contributed by atoms with Crippen molar-refractivity contribution in [2.75, 3.05) is 11.9 Å². The Kier molecular flexibility index (Phi) is 4.64. The monoisotopic (exact) mass is 313 g/mol. The van der Waals surface area contributed by atoms with E-state index in [9.17, 15) is 13.2 Å². The Labute approximate surface area is 105 Å². The maximum Gasteiger partial charge on any atom is 0.573 e. The highest BCUT2D eigenvalue weighted by Crippen LogP contribution is 2.32. The number of aliphatic hydroxyl groups is 1. The summed E-state index contributed by atoms with van der Waals surface area (Å²) >= 11 is 2.98. The molecule has 0 saturated heterocycles. The SMILES string of the molecule is C[C@@H](O)CNc1ccc(OC(F)(F)F)c(Br)c1. The molecule has 3 nitrogen and oxygen atoms in total. The number of ether oxygens (including phenoxy) is 1. The van der Waals surface area contributed by atoms with E-state index in [0.717, 1.165) is 0 Å². The summed E-state index contributed by atoms with van der Waals surface area (Å²) in [6.45, 7) is 1.91. The van der Waals surface area contributed by atoms with Gasteiger partial charge in [0.2, 0.25) is 0 Å². The van der Waals surface area contributed by atoms with E-state index < -0.39 is 12.5 Å². The number of alkyl halides is 3. The fourth-order valence-corrected chi connectivity index (χ4v) is 1.54. The number of aliphatic hydroxyl groups excluding tert-OH is 1. The van der Waals surface area contributed by atoms with E-state index in [1.165, 1.54) is 18.2 Å². The van der Waals surface area contributed by atoms with Crippen LogP contribution in [0.4, 0.5) is 18.9 Å². The van der Waals surface area contributed by atoms with Crippen molar-refractivity contribution in [3.8, 4) is 5.75 Å². The van der Waals surface area contributed by atoms with Crippen LogP contribution in [-0.4, -0.2) is 24.1 Å². The molecule has 0 radical (unpaired) electrons. The molecule has 0 heterocycles. The zero-order chi connectivity index (χ0) is 13.1. The Morgan fingerprint density at radius 3 is 2.59 bits per heavy atom. The number of anilines is 1. The van der Waals surface area contributed by atoms with Crippen LogP contribution in [0.3, 0.4) is 0 Å². The van der Waals surface area contributed by atoms with Crippen LogP contribution < -0.4 is 10.1 Å². The van der Waals surface area contributed by atoms with Gasteiger partial charge in [-0.1, -0.05) is 0 Å². The molecule has 1 atom stereocenters. The van der Waals surface area contributed by atoms with E-state index in [1.54, 1.807) is 6.92 Å². The molecule has 0 aromatic heterocycles. The van der Waals surface area contributed by atoms with Gasteiger partial charge in [0.25, 0.3) is 0 Å². The summed E-state index contributed by atoms with van der Waals surface area (Å²) in [5, 5.41) is 11.9. The van der Waals surface area contributed by atoms with Crippen molar-refractivity contribution >= 4 is 21.6 Å². The molecule has 0 aliphatic carbocycles. The smallest absolute Gasteiger partial charge is 0.405 e. The van der Waals surface area contributed by atoms with Crippen molar-refractivity contribution in [2.24, 2.45) is 0 Å². The molecule has 1 rings (SSSR count). The van der Waals surface area contributed by atoms with Crippen LogP contribution >= 0.6 is 15.9 Å². The van der Waals surface area contributed by atoms with Gasteiger partial charge in [0, 0.05) is 12.2 Å². The summed E-state index contributed by atoms with van der Waals surface area (Å²) in [5.74, 6) is -0.305. The van der Waals surface area contributed by atoms with Crippen LogP contribution in [-0.2, 0) is 0 Å². The molecule has 7 heteroatoms. The van der Waals surface area contributed by atoms with Crippen LogP contribution in [0.2, 0.25) is 0 Å². The van der Waals surface area contributed by atoms with Gasteiger partial charge in [0.05, 0.1) is 10.6 Å². The van der Waals surface area contributed by atoms with Gasteiger partial charge in [-0.25, -0.2) is 0 Å². The predicted molar refractivity (Wildman–Crippen MR) is 61.0 cm³/mol. The topological polar surface area (TPSA) is 41.5 Å². The lowest BCUT2D eigenvalue weighted by atomic mass is 10.3. The van der Waals surface area contributed by atoms with Crippen molar-refractivity contribution in [3.63, 3.8) is 0 Å². The zero-order valence-corrected chi connectivity index (χ0v) is 10.5. The van der Waals surface area contributed by atoms with Gasteiger partial charge < -0.3 is 15.2 Å². The summed E-state index contributed by atoms with van der Waals surface area (Å²) in [7, 11) is 0. The molecule has 1 aromatic rings. The number of rotatable bonds is 4. The highest BCUT2D eigenvalue weighted by molar-refractivity contribution is 9.10. The van der Waals surface area contributed by atoms with Crippen molar-refractivity contribution < 1.29 is 23.0 Å². The van der Waals surface area contributed by atoms with Gasteiger partial charge in [-0.2, -0.15) is 0 Å². The molecule has 0 aliphatic rings. The van der Waals surface area contributed by atoms with Gasteiger partial charge in [0.15, 0.2) is 0 Å². The van der Waals surface area contributed by atoms with Crippen molar-refractivity contribution in [2.45, 2.75) is 19.4 Å². The van der Waals surface area contributed by atoms with E-state index in [1.807, 2.05) is 0 Å². The van der Waals surface area contributed by atoms with E-state index in [0.29, 0.717) is 12.2 Å². The van der Waals surface area contributed by atoms with Crippen LogP contribution in [0.5, 0.6) is 5.75 Å². The minimum atomic E-state index is -4.71. The van der Waals surface area contributed by atoms with Gasteiger partial charge >= 0.3 is 6.36 Å². The first-order valence-electron chi connectivity index (χ1n) is 4.75. The summed E-state index contributed by atoms with van der Waals surface area (Å²) in [4.78, 5) is 0. The third kappa shape index (κ3) is 5.27. The second-order valence-corrected chi connectivity index (χ2v) is 4.28. The van der Waals surface area contributed by atoms with Gasteiger partial charge in [-0.05, 0) is 41.1 Å². The molecule has 0 amide bonds. The number of nitrogens with one attached hydrogen (secondary N) is 1. The second kappa shape index (κ2) is 5.59. The average Bonchev–Trinajstić information content (AvgIpc) is 2.17. The van der Waals surface area contributed by atoms with Gasteiger partial charge in [-0.3, -0.25) is 0 Å². The Hall–Kier alpha value is -0.950. The van der Waals surface area contributed by atoms with Crippen LogP contribution in [0.15, 0.2) is 22.7 Å². The van der Waals surface area contributed by atoms with E-state index >= 15 is 0 Å². The fourth-order valence-electron chi connectivity index (χ4n) is 1.08. The number of halogens is 4. The van der Waals surface area contributed by atoms with E-state index in [4.69, 9.17) is 5.11 Å². The van der Waals surface area contributed by atoms with Crippen LogP contribution in [0.25, 0.3) is 0 Å². The summed E-state index contributed by atoms with van der Waals surface area (Å²) in [5.41, 5.74) is 0.590. The van der Waals surface area contributed by atoms with Gasteiger partial charge in [-0.15, -0.1) is 13.2 Å². The average molecular weight is 314 g/mol. The maximum atomic E-state index is 12.0.